The zero-order valence-electron chi connectivity index (χ0n) is 13.0. The van der Waals surface area contributed by atoms with Crippen LogP contribution in [0.5, 0.6) is 0 Å². The maximum absolute atomic E-state index is 12.4. The SMILES string of the molecule is CCOC(=O)NC(=O)c1ccsc1NC(=O)c1ccc2n[nH]nc2c1. The van der Waals surface area contributed by atoms with E-state index in [9.17, 15) is 14.4 Å². The summed E-state index contributed by atoms with van der Waals surface area (Å²) in [5.74, 6) is -1.06. The van der Waals surface area contributed by atoms with Gasteiger partial charge in [0.2, 0.25) is 0 Å². The lowest BCUT2D eigenvalue weighted by Crippen LogP contribution is -2.31. The van der Waals surface area contributed by atoms with Crippen molar-refractivity contribution >= 4 is 45.3 Å². The van der Waals surface area contributed by atoms with Crippen molar-refractivity contribution in [3.8, 4) is 0 Å². The van der Waals surface area contributed by atoms with Gasteiger partial charge in [0.15, 0.2) is 0 Å². The average molecular weight is 359 g/mol. The second-order valence-electron chi connectivity index (χ2n) is 4.82. The molecule has 9 nitrogen and oxygen atoms in total. The van der Waals surface area contributed by atoms with Crippen LogP contribution in [-0.2, 0) is 4.74 Å². The largest absolute Gasteiger partial charge is 0.450 e. The number of carbonyl (C=O) groups is 3. The summed E-state index contributed by atoms with van der Waals surface area (Å²) in [7, 11) is 0. The van der Waals surface area contributed by atoms with Gasteiger partial charge in [0.05, 0.1) is 12.2 Å². The molecule has 1 aromatic carbocycles. The second-order valence-corrected chi connectivity index (χ2v) is 5.74. The van der Waals surface area contributed by atoms with Crippen LogP contribution in [0, 0.1) is 0 Å². The highest BCUT2D eigenvalue weighted by atomic mass is 32.1. The molecule has 25 heavy (non-hydrogen) atoms. The zero-order chi connectivity index (χ0) is 17.8. The third kappa shape index (κ3) is 3.63. The van der Waals surface area contributed by atoms with Gasteiger partial charge in [-0.2, -0.15) is 15.4 Å². The Kier molecular flexibility index (Phi) is 4.70. The summed E-state index contributed by atoms with van der Waals surface area (Å²) in [6.45, 7) is 1.78. The third-order valence-corrected chi connectivity index (χ3v) is 4.04. The van der Waals surface area contributed by atoms with Gasteiger partial charge in [-0.25, -0.2) is 4.79 Å². The first-order valence-corrected chi connectivity index (χ1v) is 8.14. The van der Waals surface area contributed by atoms with E-state index < -0.39 is 17.9 Å². The number of carbonyl (C=O) groups excluding carboxylic acids is 3. The number of imide groups is 1. The lowest BCUT2D eigenvalue weighted by atomic mass is 10.2. The van der Waals surface area contributed by atoms with E-state index in [1.807, 2.05) is 0 Å². The molecular formula is C15H13N5O4S. The molecule has 0 bridgehead atoms. The summed E-state index contributed by atoms with van der Waals surface area (Å²) < 4.78 is 4.66. The molecule has 0 aliphatic rings. The number of ether oxygens (including phenoxy) is 1. The molecule has 3 N–H and O–H groups in total. The molecule has 0 fully saturated rings. The van der Waals surface area contributed by atoms with E-state index in [2.05, 4.69) is 30.8 Å². The first-order valence-electron chi connectivity index (χ1n) is 7.26. The maximum atomic E-state index is 12.4. The van der Waals surface area contributed by atoms with Crippen LogP contribution in [0.4, 0.5) is 9.80 Å². The number of hydrogen-bond donors (Lipinski definition) is 3. The van der Waals surface area contributed by atoms with E-state index in [4.69, 9.17) is 0 Å². The normalized spacial score (nSPS) is 10.4. The molecule has 0 aliphatic carbocycles. The van der Waals surface area contributed by atoms with E-state index in [-0.39, 0.29) is 12.2 Å². The Labute approximate surface area is 145 Å². The lowest BCUT2D eigenvalue weighted by Gasteiger charge is -2.07. The van der Waals surface area contributed by atoms with Crippen molar-refractivity contribution in [2.45, 2.75) is 6.92 Å². The Morgan fingerprint density at radius 2 is 1.96 bits per heavy atom. The van der Waals surface area contributed by atoms with Crippen LogP contribution in [0.2, 0.25) is 0 Å². The molecule has 0 unspecified atom stereocenters. The fourth-order valence-electron chi connectivity index (χ4n) is 2.07. The number of nitrogens with zero attached hydrogens (tertiary/aromatic N) is 2. The Hall–Kier alpha value is -3.27. The van der Waals surface area contributed by atoms with E-state index in [0.29, 0.717) is 21.6 Å². The summed E-state index contributed by atoms with van der Waals surface area (Å²) in [5.41, 5.74) is 1.74. The van der Waals surface area contributed by atoms with Gasteiger partial charge in [-0.15, -0.1) is 11.3 Å². The monoisotopic (exact) mass is 359 g/mol. The standard InChI is InChI=1S/C15H13N5O4S/c1-2-24-15(23)17-13(22)9-5-6-25-14(9)16-12(21)8-3-4-10-11(7-8)19-20-18-10/h3-7H,2H2,1H3,(H,16,21)(H,17,22,23)(H,18,19,20). The Balaban J connectivity index is 1.74. The smallest absolute Gasteiger partial charge is 0.414 e. The topological polar surface area (TPSA) is 126 Å². The molecule has 3 rings (SSSR count). The number of aromatic amines is 1. The number of anilines is 1. The number of nitrogens with one attached hydrogen (secondary N) is 3. The van der Waals surface area contributed by atoms with Gasteiger partial charge >= 0.3 is 6.09 Å². The van der Waals surface area contributed by atoms with Gasteiger partial charge in [-0.3, -0.25) is 14.9 Å². The van der Waals surface area contributed by atoms with Gasteiger partial charge in [0.25, 0.3) is 11.8 Å². The first-order chi connectivity index (χ1) is 12.1. The van der Waals surface area contributed by atoms with Crippen molar-refractivity contribution in [1.29, 1.82) is 0 Å². The Bertz CT molecular complexity index is 948. The molecule has 2 aromatic heterocycles. The molecular weight excluding hydrogens is 346 g/mol. The minimum Gasteiger partial charge on any atom is -0.450 e. The molecule has 10 heteroatoms. The van der Waals surface area contributed by atoms with Gasteiger partial charge in [-0.05, 0) is 36.6 Å². The summed E-state index contributed by atoms with van der Waals surface area (Å²) in [4.78, 5) is 35.8. The minimum absolute atomic E-state index is 0.150. The average Bonchev–Trinajstić information content (AvgIpc) is 3.22. The first kappa shape index (κ1) is 16.6. The molecule has 3 amide bonds. The van der Waals surface area contributed by atoms with Crippen LogP contribution in [0.25, 0.3) is 11.0 Å². The van der Waals surface area contributed by atoms with Crippen molar-refractivity contribution in [2.24, 2.45) is 0 Å². The van der Waals surface area contributed by atoms with E-state index in [1.165, 1.54) is 17.4 Å². The van der Waals surface area contributed by atoms with Crippen LogP contribution in [0.1, 0.15) is 27.6 Å². The van der Waals surface area contributed by atoms with Gasteiger partial charge in [0.1, 0.15) is 16.0 Å². The number of hydrogen-bond acceptors (Lipinski definition) is 7. The van der Waals surface area contributed by atoms with Gasteiger partial charge < -0.3 is 10.1 Å². The quantitative estimate of drug-likeness (QED) is 0.655. The maximum Gasteiger partial charge on any atom is 0.414 e. The molecule has 128 valence electrons. The molecule has 0 spiro atoms. The molecule has 0 radical (unpaired) electrons. The molecule has 0 saturated heterocycles. The number of amides is 3. The Morgan fingerprint density at radius 1 is 1.16 bits per heavy atom. The second kappa shape index (κ2) is 7.09. The fraction of sp³-hybridized carbons (Fsp3) is 0.133. The van der Waals surface area contributed by atoms with Crippen LogP contribution < -0.4 is 10.6 Å². The highest BCUT2D eigenvalue weighted by molar-refractivity contribution is 7.14. The number of aromatic nitrogens is 3. The predicted octanol–water partition coefficient (Wildman–Crippen LogP) is 2.16. The van der Waals surface area contributed by atoms with Gasteiger partial charge in [0, 0.05) is 5.56 Å². The van der Waals surface area contributed by atoms with E-state index in [1.54, 1.807) is 30.5 Å². The summed E-state index contributed by atoms with van der Waals surface area (Å²) >= 11 is 1.17. The van der Waals surface area contributed by atoms with Crippen molar-refractivity contribution in [2.75, 3.05) is 11.9 Å². The number of rotatable bonds is 4. The fourth-order valence-corrected chi connectivity index (χ4v) is 2.85. The van der Waals surface area contributed by atoms with Crippen molar-refractivity contribution < 1.29 is 19.1 Å². The lowest BCUT2D eigenvalue weighted by molar-refractivity contribution is 0.0926. The summed E-state index contributed by atoms with van der Waals surface area (Å²) in [6.07, 6.45) is -0.840. The number of alkyl carbamates (subject to hydrolysis) is 1. The van der Waals surface area contributed by atoms with Gasteiger partial charge in [-0.1, -0.05) is 0 Å². The molecule has 0 aliphatic heterocycles. The number of H-pyrrole nitrogens is 1. The van der Waals surface area contributed by atoms with Crippen LogP contribution in [0.3, 0.4) is 0 Å². The summed E-state index contributed by atoms with van der Waals surface area (Å²) in [6, 6.07) is 6.36. The number of benzene rings is 1. The minimum atomic E-state index is -0.840. The Morgan fingerprint density at radius 3 is 2.76 bits per heavy atom. The zero-order valence-corrected chi connectivity index (χ0v) is 13.8. The molecule has 3 aromatic rings. The van der Waals surface area contributed by atoms with Crippen molar-refractivity contribution in [3.63, 3.8) is 0 Å². The summed E-state index contributed by atoms with van der Waals surface area (Å²) in [5, 5.41) is 17.0. The molecule has 2 heterocycles. The molecule has 0 atom stereocenters. The van der Waals surface area contributed by atoms with Crippen molar-refractivity contribution in [1.82, 2.24) is 20.7 Å². The number of fused-ring (bicyclic) bond motifs is 1. The van der Waals surface area contributed by atoms with Crippen LogP contribution in [-0.4, -0.2) is 39.9 Å². The van der Waals surface area contributed by atoms with Crippen molar-refractivity contribution in [3.05, 3.63) is 40.8 Å². The van der Waals surface area contributed by atoms with E-state index >= 15 is 0 Å². The number of thiophene rings is 1. The van der Waals surface area contributed by atoms with Crippen LogP contribution >= 0.6 is 11.3 Å². The predicted molar refractivity (Wildman–Crippen MR) is 90.6 cm³/mol. The highest BCUT2D eigenvalue weighted by Crippen LogP contribution is 2.24. The highest BCUT2D eigenvalue weighted by Gasteiger charge is 2.18. The third-order valence-electron chi connectivity index (χ3n) is 3.21. The van der Waals surface area contributed by atoms with Crippen LogP contribution in [0.15, 0.2) is 29.6 Å². The molecule has 0 saturated carbocycles. The van der Waals surface area contributed by atoms with E-state index in [0.717, 1.165) is 0 Å².